The van der Waals surface area contributed by atoms with E-state index < -0.39 is 0 Å². The first-order chi connectivity index (χ1) is 3.93. The van der Waals surface area contributed by atoms with Gasteiger partial charge in [0.25, 0.3) is 0 Å². The van der Waals surface area contributed by atoms with Gasteiger partial charge < -0.3 is 0 Å². The lowest BCUT2D eigenvalue weighted by atomic mass is 10.6. The summed E-state index contributed by atoms with van der Waals surface area (Å²) in [6.45, 7) is 0. The van der Waals surface area contributed by atoms with Crippen molar-refractivity contribution in [2.45, 2.75) is 0 Å². The first-order valence-electron chi connectivity index (χ1n) is 1.94. The quantitative estimate of drug-likeness (QED) is 0.314. The van der Waals surface area contributed by atoms with Crippen LogP contribution in [0.15, 0.2) is 16.6 Å². The summed E-state index contributed by atoms with van der Waals surface area (Å²) in [6.07, 6.45) is 0. The maximum Gasteiger partial charge on any atom is 0.0570 e. The summed E-state index contributed by atoms with van der Waals surface area (Å²) >= 11 is 1.39. The van der Waals surface area contributed by atoms with Crippen LogP contribution in [0, 0.1) is 5.38 Å². The van der Waals surface area contributed by atoms with Crippen LogP contribution in [0.5, 0.6) is 0 Å². The Morgan fingerprint density at radius 3 is 3.25 bits per heavy atom. The smallest absolute Gasteiger partial charge is 0.0570 e. The fraction of sp³-hybridized carbons (Fsp3) is 0. The molecule has 1 aromatic rings. The summed E-state index contributed by atoms with van der Waals surface area (Å²) in [5.74, 6) is 0. The molecule has 0 saturated heterocycles. The van der Waals surface area contributed by atoms with E-state index >= 15 is 0 Å². The van der Waals surface area contributed by atoms with Crippen molar-refractivity contribution >= 4 is 17.0 Å². The monoisotopic (exact) mass is 124 g/mol. The SMILES string of the molecule is [N-]=[N+]=Nc1[c]scc1. The Bertz CT molecular complexity index is 197. The molecule has 0 aromatic carbocycles. The molecule has 1 heterocycles. The molecule has 4 heteroatoms. The van der Waals surface area contributed by atoms with Gasteiger partial charge in [0.2, 0.25) is 0 Å². The summed E-state index contributed by atoms with van der Waals surface area (Å²) in [6, 6.07) is 1.71. The van der Waals surface area contributed by atoms with Gasteiger partial charge in [-0.2, -0.15) is 0 Å². The average Bonchev–Trinajstić information content (AvgIpc) is 2.19. The van der Waals surface area contributed by atoms with Crippen LogP contribution in [0.3, 0.4) is 0 Å². The van der Waals surface area contributed by atoms with Crippen LogP contribution >= 0.6 is 11.3 Å². The second-order valence-electron chi connectivity index (χ2n) is 1.10. The molecule has 1 aromatic heterocycles. The van der Waals surface area contributed by atoms with E-state index in [1.807, 2.05) is 5.38 Å². The molecular weight excluding hydrogens is 122 g/mol. The second-order valence-corrected chi connectivity index (χ2v) is 1.81. The highest BCUT2D eigenvalue weighted by Gasteiger charge is 1.82. The van der Waals surface area contributed by atoms with Gasteiger partial charge in [0, 0.05) is 4.91 Å². The Morgan fingerprint density at radius 2 is 2.75 bits per heavy atom. The minimum atomic E-state index is 0.567. The number of nitrogens with zero attached hydrogens (tertiary/aromatic N) is 3. The minimum Gasteiger partial charge on any atom is -0.142 e. The number of azide groups is 1. The highest BCUT2D eigenvalue weighted by Crippen LogP contribution is 2.13. The van der Waals surface area contributed by atoms with Crippen LogP contribution in [-0.4, -0.2) is 0 Å². The van der Waals surface area contributed by atoms with Gasteiger partial charge in [-0.05, 0) is 17.0 Å². The zero-order chi connectivity index (χ0) is 5.82. The largest absolute Gasteiger partial charge is 0.142 e. The molecule has 8 heavy (non-hydrogen) atoms. The second kappa shape index (κ2) is 2.35. The molecule has 0 N–H and O–H groups in total. The van der Waals surface area contributed by atoms with E-state index in [1.54, 1.807) is 6.07 Å². The molecule has 0 atom stereocenters. The van der Waals surface area contributed by atoms with E-state index in [4.69, 9.17) is 5.53 Å². The third-order valence-electron chi connectivity index (χ3n) is 0.610. The molecule has 1 radical (unpaired) electrons. The molecule has 1 rings (SSSR count). The molecule has 0 unspecified atom stereocenters. The number of hydrogen-bond acceptors (Lipinski definition) is 2. The summed E-state index contributed by atoms with van der Waals surface area (Å²) in [7, 11) is 0. The molecule has 39 valence electrons. The summed E-state index contributed by atoms with van der Waals surface area (Å²) in [4.78, 5) is 2.58. The summed E-state index contributed by atoms with van der Waals surface area (Å²) in [5.41, 5.74) is 8.45. The van der Waals surface area contributed by atoms with Crippen LogP contribution in [0.1, 0.15) is 0 Å². The van der Waals surface area contributed by atoms with Gasteiger partial charge in [0.05, 0.1) is 11.1 Å². The topological polar surface area (TPSA) is 48.8 Å². The highest BCUT2D eigenvalue weighted by molar-refractivity contribution is 7.07. The van der Waals surface area contributed by atoms with Gasteiger partial charge in [-0.15, -0.1) is 11.3 Å². The Morgan fingerprint density at radius 1 is 1.88 bits per heavy atom. The number of hydrogen-bond donors (Lipinski definition) is 0. The Hall–Kier alpha value is -0.990. The Kier molecular flexibility index (Phi) is 1.51. The average molecular weight is 124 g/mol. The van der Waals surface area contributed by atoms with Crippen LogP contribution in [-0.2, 0) is 0 Å². The lowest BCUT2D eigenvalue weighted by Crippen LogP contribution is -1.40. The molecule has 0 aliphatic rings. The van der Waals surface area contributed by atoms with Crippen LogP contribution in [0.25, 0.3) is 10.4 Å². The zero-order valence-electron chi connectivity index (χ0n) is 3.90. The highest BCUT2D eigenvalue weighted by atomic mass is 32.1. The maximum atomic E-state index is 7.88. The molecule has 0 spiro atoms. The summed E-state index contributed by atoms with van der Waals surface area (Å²) < 4.78 is 0. The first kappa shape index (κ1) is 5.15. The molecule has 0 bridgehead atoms. The molecule has 0 amide bonds. The van der Waals surface area contributed by atoms with E-state index in [2.05, 4.69) is 15.4 Å². The molecule has 0 saturated carbocycles. The lowest BCUT2D eigenvalue weighted by Gasteiger charge is -1.68. The van der Waals surface area contributed by atoms with Crippen molar-refractivity contribution in [1.29, 1.82) is 0 Å². The fourth-order valence-electron chi connectivity index (χ4n) is 0.329. The minimum absolute atomic E-state index is 0.567. The predicted molar refractivity (Wildman–Crippen MR) is 32.0 cm³/mol. The van der Waals surface area contributed by atoms with Crippen molar-refractivity contribution in [3.8, 4) is 0 Å². The summed E-state index contributed by atoms with van der Waals surface area (Å²) in [5, 5.41) is 7.87. The third kappa shape index (κ3) is 0.992. The van der Waals surface area contributed by atoms with Crippen LogP contribution in [0.2, 0.25) is 0 Å². The normalized spacial score (nSPS) is 8.00. The van der Waals surface area contributed by atoms with E-state index in [0.717, 1.165) is 0 Å². The zero-order valence-corrected chi connectivity index (χ0v) is 4.72. The van der Waals surface area contributed by atoms with Gasteiger partial charge >= 0.3 is 0 Å². The van der Waals surface area contributed by atoms with E-state index in [9.17, 15) is 0 Å². The third-order valence-corrected chi connectivity index (χ3v) is 1.21. The van der Waals surface area contributed by atoms with E-state index in [1.165, 1.54) is 11.3 Å². The molecule has 3 nitrogen and oxygen atoms in total. The van der Waals surface area contributed by atoms with Crippen molar-refractivity contribution in [2.24, 2.45) is 5.11 Å². The Balaban J connectivity index is 2.93. The van der Waals surface area contributed by atoms with Gasteiger partial charge in [0.1, 0.15) is 0 Å². The predicted octanol–water partition coefficient (Wildman–Crippen LogP) is 2.49. The van der Waals surface area contributed by atoms with Crippen LogP contribution < -0.4 is 0 Å². The standard InChI is InChI=1S/C4H2N3S/c5-7-6-4-1-2-8-3-4/h1-2H. The van der Waals surface area contributed by atoms with Gasteiger partial charge in [-0.25, -0.2) is 0 Å². The van der Waals surface area contributed by atoms with Gasteiger partial charge in [-0.3, -0.25) is 0 Å². The Labute approximate surface area is 50.2 Å². The molecule has 0 aliphatic carbocycles. The molecule has 0 aliphatic heterocycles. The van der Waals surface area contributed by atoms with Crippen molar-refractivity contribution in [2.75, 3.05) is 0 Å². The van der Waals surface area contributed by atoms with Crippen LogP contribution in [0.4, 0.5) is 5.69 Å². The van der Waals surface area contributed by atoms with E-state index in [-0.39, 0.29) is 0 Å². The fourth-order valence-corrected chi connectivity index (χ4v) is 0.823. The van der Waals surface area contributed by atoms with Gasteiger partial charge in [0.15, 0.2) is 0 Å². The lowest BCUT2D eigenvalue weighted by molar-refractivity contribution is 1.52. The van der Waals surface area contributed by atoms with Crippen molar-refractivity contribution < 1.29 is 0 Å². The maximum absolute atomic E-state index is 7.88. The first-order valence-corrected chi connectivity index (χ1v) is 2.82. The van der Waals surface area contributed by atoms with Gasteiger partial charge in [-0.1, -0.05) is 5.11 Å². The molecule has 0 fully saturated rings. The van der Waals surface area contributed by atoms with Crippen molar-refractivity contribution in [3.63, 3.8) is 0 Å². The number of rotatable bonds is 1. The van der Waals surface area contributed by atoms with Crippen molar-refractivity contribution in [3.05, 3.63) is 27.3 Å². The molecular formula is C4H2N3S. The van der Waals surface area contributed by atoms with Crippen molar-refractivity contribution in [1.82, 2.24) is 0 Å². The van der Waals surface area contributed by atoms with E-state index in [0.29, 0.717) is 5.69 Å². The number of thiophene rings is 1.